The summed E-state index contributed by atoms with van der Waals surface area (Å²) in [6.45, 7) is 0.217. The number of H-pyrrole nitrogens is 1. The number of sulfonamides is 1. The van der Waals surface area contributed by atoms with Crippen LogP contribution in [0.1, 0.15) is 37.7 Å². The third-order valence-corrected chi connectivity index (χ3v) is 7.99. The van der Waals surface area contributed by atoms with Crippen LogP contribution in [-0.2, 0) is 22.1 Å². The van der Waals surface area contributed by atoms with E-state index in [1.165, 1.54) is 6.07 Å². The van der Waals surface area contributed by atoms with Gasteiger partial charge in [-0.05, 0) is 55.5 Å². The first-order valence-corrected chi connectivity index (χ1v) is 11.9. The fraction of sp³-hybridized carbons (Fsp3) is 0.381. The van der Waals surface area contributed by atoms with Crippen molar-refractivity contribution in [2.24, 2.45) is 5.73 Å². The minimum atomic E-state index is -3.46. The topological polar surface area (TPSA) is 159 Å². The van der Waals surface area contributed by atoms with Crippen molar-refractivity contribution < 1.29 is 8.42 Å². The van der Waals surface area contributed by atoms with Gasteiger partial charge in [0.25, 0.3) is 5.56 Å². The van der Waals surface area contributed by atoms with E-state index in [1.807, 2.05) is 4.68 Å². The molecule has 0 spiro atoms. The molecule has 1 aromatic carbocycles. The SMILES string of the molecule is N#CCC1(n2nc(Nc3ccc4c(c3)CNS4(=O)=O)c3c(=O)[nH]ccc32)CCC(N)CC1. The van der Waals surface area contributed by atoms with Crippen molar-refractivity contribution in [2.45, 2.75) is 55.1 Å². The number of hydrogen-bond donors (Lipinski definition) is 4. The largest absolute Gasteiger partial charge is 0.338 e. The van der Waals surface area contributed by atoms with Gasteiger partial charge in [0, 0.05) is 24.5 Å². The Morgan fingerprint density at radius 1 is 1.31 bits per heavy atom. The van der Waals surface area contributed by atoms with E-state index in [4.69, 9.17) is 10.8 Å². The highest BCUT2D eigenvalue weighted by molar-refractivity contribution is 7.89. The van der Waals surface area contributed by atoms with Crippen LogP contribution in [0, 0.1) is 11.3 Å². The average molecular weight is 454 g/mol. The lowest BCUT2D eigenvalue weighted by atomic mass is 9.77. The number of nitrogens with one attached hydrogen (secondary N) is 3. The number of benzene rings is 1. The van der Waals surface area contributed by atoms with Crippen LogP contribution in [0.25, 0.3) is 10.9 Å². The minimum Gasteiger partial charge on any atom is -0.338 e. The summed E-state index contributed by atoms with van der Waals surface area (Å²) in [6.07, 6.45) is 4.81. The lowest BCUT2D eigenvalue weighted by Gasteiger charge is -2.38. The zero-order valence-electron chi connectivity index (χ0n) is 17.3. The van der Waals surface area contributed by atoms with Crippen LogP contribution in [-0.4, -0.2) is 29.2 Å². The molecule has 11 heteroatoms. The second-order valence-electron chi connectivity index (χ2n) is 8.50. The van der Waals surface area contributed by atoms with Gasteiger partial charge in [0.05, 0.1) is 28.4 Å². The number of pyridine rings is 1. The van der Waals surface area contributed by atoms with Gasteiger partial charge >= 0.3 is 0 Å². The quantitative estimate of drug-likeness (QED) is 0.468. The number of hydrogen-bond acceptors (Lipinski definition) is 7. The second-order valence-corrected chi connectivity index (χ2v) is 10.2. The van der Waals surface area contributed by atoms with E-state index in [2.05, 4.69) is 21.1 Å². The van der Waals surface area contributed by atoms with Gasteiger partial charge in [-0.3, -0.25) is 9.48 Å². The first-order valence-electron chi connectivity index (χ1n) is 10.5. The van der Waals surface area contributed by atoms with Crippen molar-refractivity contribution in [2.75, 3.05) is 5.32 Å². The lowest BCUT2D eigenvalue weighted by molar-refractivity contribution is 0.173. The first-order chi connectivity index (χ1) is 15.3. The van der Waals surface area contributed by atoms with Crippen LogP contribution in [0.2, 0.25) is 0 Å². The molecule has 5 N–H and O–H groups in total. The number of aromatic amines is 1. The van der Waals surface area contributed by atoms with E-state index in [1.54, 1.807) is 24.4 Å². The van der Waals surface area contributed by atoms with Crippen molar-refractivity contribution in [1.82, 2.24) is 19.5 Å². The molecule has 0 unspecified atom stereocenters. The summed E-state index contributed by atoms with van der Waals surface area (Å²) < 4.78 is 28.3. The van der Waals surface area contributed by atoms with Crippen LogP contribution >= 0.6 is 0 Å². The Morgan fingerprint density at radius 2 is 2.09 bits per heavy atom. The third kappa shape index (κ3) is 3.28. The summed E-state index contributed by atoms with van der Waals surface area (Å²) in [5.74, 6) is 0.364. The smallest absolute Gasteiger partial charge is 0.261 e. The average Bonchev–Trinajstić information content (AvgIpc) is 3.29. The number of fused-ring (bicyclic) bond motifs is 2. The van der Waals surface area contributed by atoms with Gasteiger partial charge in [0.1, 0.15) is 5.39 Å². The van der Waals surface area contributed by atoms with Gasteiger partial charge in [-0.2, -0.15) is 10.4 Å². The highest BCUT2D eigenvalue weighted by atomic mass is 32.2. The van der Waals surface area contributed by atoms with Gasteiger partial charge < -0.3 is 16.0 Å². The van der Waals surface area contributed by atoms with Crippen LogP contribution in [0.15, 0.2) is 40.2 Å². The van der Waals surface area contributed by atoms with Crippen molar-refractivity contribution >= 4 is 32.4 Å². The molecule has 0 bridgehead atoms. The molecule has 10 nitrogen and oxygen atoms in total. The Hall–Kier alpha value is -3.20. The van der Waals surface area contributed by atoms with Gasteiger partial charge in [0.15, 0.2) is 5.82 Å². The van der Waals surface area contributed by atoms with Gasteiger partial charge in [-0.15, -0.1) is 0 Å². The fourth-order valence-corrected chi connectivity index (χ4v) is 5.98. The number of nitrogens with two attached hydrogens (primary N) is 1. The Morgan fingerprint density at radius 3 is 2.84 bits per heavy atom. The van der Waals surface area contributed by atoms with E-state index in [9.17, 15) is 18.5 Å². The van der Waals surface area contributed by atoms with E-state index in [0.717, 1.165) is 12.8 Å². The lowest BCUT2D eigenvalue weighted by Crippen LogP contribution is -2.41. The predicted octanol–water partition coefficient (Wildman–Crippen LogP) is 1.77. The normalized spacial score (nSPS) is 24.2. The Bertz CT molecular complexity index is 1410. The third-order valence-electron chi connectivity index (χ3n) is 6.49. The molecule has 0 atom stereocenters. The summed E-state index contributed by atoms with van der Waals surface area (Å²) in [5, 5.41) is 17.9. The maximum absolute atomic E-state index is 12.7. The Labute approximate surface area is 184 Å². The van der Waals surface area contributed by atoms with Crippen molar-refractivity contribution in [3.63, 3.8) is 0 Å². The van der Waals surface area contributed by atoms with Crippen molar-refractivity contribution in [1.29, 1.82) is 5.26 Å². The number of rotatable bonds is 4. The molecule has 0 amide bonds. The molecule has 166 valence electrons. The summed E-state index contributed by atoms with van der Waals surface area (Å²) in [6, 6.07) is 9.11. The maximum Gasteiger partial charge on any atom is 0.261 e. The van der Waals surface area contributed by atoms with E-state index >= 15 is 0 Å². The number of anilines is 2. The van der Waals surface area contributed by atoms with Crippen LogP contribution in [0.4, 0.5) is 11.5 Å². The Kier molecular flexibility index (Phi) is 4.81. The summed E-state index contributed by atoms with van der Waals surface area (Å²) in [4.78, 5) is 15.7. The van der Waals surface area contributed by atoms with E-state index < -0.39 is 15.6 Å². The molecular weight excluding hydrogens is 430 g/mol. The fourth-order valence-electron chi connectivity index (χ4n) is 4.76. The highest BCUT2D eigenvalue weighted by Crippen LogP contribution is 2.40. The highest BCUT2D eigenvalue weighted by Gasteiger charge is 2.39. The minimum absolute atomic E-state index is 0.0981. The molecule has 3 aromatic rings. The molecule has 1 aliphatic carbocycles. The molecule has 2 aromatic heterocycles. The standard InChI is InChI=1S/C21H23N7O3S/c22-9-8-21(6-3-14(23)4-7-21)28-16-5-10-24-20(29)18(16)19(27-28)26-15-1-2-17-13(11-15)12-25-32(17,30)31/h1-2,5,10-11,14,25H,3-4,6-8,12,23H2,(H,24,29)(H,26,27). The number of aromatic nitrogens is 3. The van der Waals surface area contributed by atoms with Crippen LogP contribution < -0.4 is 21.3 Å². The molecule has 0 radical (unpaired) electrons. The molecule has 3 heterocycles. The van der Waals surface area contributed by atoms with Gasteiger partial charge in [0.2, 0.25) is 10.0 Å². The summed E-state index contributed by atoms with van der Waals surface area (Å²) in [7, 11) is -3.46. The summed E-state index contributed by atoms with van der Waals surface area (Å²) >= 11 is 0. The molecule has 2 aliphatic rings. The second kappa shape index (κ2) is 7.44. The monoisotopic (exact) mass is 453 g/mol. The van der Waals surface area contributed by atoms with Gasteiger partial charge in [-0.25, -0.2) is 13.1 Å². The van der Waals surface area contributed by atoms with Crippen LogP contribution in [0.5, 0.6) is 0 Å². The predicted molar refractivity (Wildman–Crippen MR) is 119 cm³/mol. The number of nitrogens with zero attached hydrogens (tertiary/aromatic N) is 3. The zero-order chi connectivity index (χ0) is 22.5. The van der Waals surface area contributed by atoms with Gasteiger partial charge in [-0.1, -0.05) is 0 Å². The maximum atomic E-state index is 12.7. The van der Waals surface area contributed by atoms with Crippen LogP contribution in [0.3, 0.4) is 0 Å². The zero-order valence-corrected chi connectivity index (χ0v) is 18.1. The van der Waals surface area contributed by atoms with E-state index in [0.29, 0.717) is 40.8 Å². The molecule has 1 saturated carbocycles. The molecule has 5 rings (SSSR count). The van der Waals surface area contributed by atoms with E-state index in [-0.39, 0.29) is 29.5 Å². The van der Waals surface area contributed by atoms with Crippen molar-refractivity contribution in [3.05, 3.63) is 46.4 Å². The molecule has 32 heavy (non-hydrogen) atoms. The molecule has 1 aliphatic heterocycles. The molecular formula is C21H23N7O3S. The Balaban J connectivity index is 1.61. The molecule has 1 fully saturated rings. The van der Waals surface area contributed by atoms with Crippen molar-refractivity contribution in [3.8, 4) is 6.07 Å². The first kappa shape index (κ1) is 20.7. The number of nitriles is 1. The molecule has 0 saturated heterocycles. The summed E-state index contributed by atoms with van der Waals surface area (Å²) in [5.41, 5.74) is 7.20.